The highest BCUT2D eigenvalue weighted by atomic mass is 16.6. The maximum Gasteiger partial charge on any atom is 0.339 e. The van der Waals surface area contributed by atoms with Gasteiger partial charge in [0.05, 0.1) is 17.4 Å². The molecule has 3 aliphatic heterocycles. The molecule has 35 heavy (non-hydrogen) atoms. The van der Waals surface area contributed by atoms with E-state index in [4.69, 9.17) is 14.2 Å². The number of methoxy groups -OCH3 is 1. The van der Waals surface area contributed by atoms with Crippen LogP contribution in [0.3, 0.4) is 0 Å². The van der Waals surface area contributed by atoms with Crippen molar-refractivity contribution in [1.29, 1.82) is 0 Å². The molecule has 1 atom stereocenters. The van der Waals surface area contributed by atoms with Crippen LogP contribution < -0.4 is 0 Å². The Kier molecular flexibility index (Phi) is 5.78. The topological polar surface area (TPSA) is 60.9 Å². The number of hydrogen-bond acceptors (Lipinski definition) is 6. The lowest BCUT2D eigenvalue weighted by Crippen LogP contribution is -2.43. The van der Waals surface area contributed by atoms with Crippen LogP contribution in [0.2, 0.25) is 0 Å². The molecular formula is C29H30N2O4. The second-order valence-corrected chi connectivity index (χ2v) is 9.64. The Hall–Kier alpha value is -3.22. The standard InChI is InChI=1S/C29H30N2O4/c1-33-20-10-11-27-24(18-20)21(22-7-4-14-30-26(22)19-34-27)8-5-15-31-16-12-29(13-17-31)25-9-3-2-6-23(25)28(32)35-29/h2-4,6-11,14,20H,5,12-13,15-19H2,1H3. The van der Waals surface area contributed by atoms with E-state index in [2.05, 4.69) is 34.2 Å². The maximum absolute atomic E-state index is 12.4. The Labute approximate surface area is 205 Å². The number of pyridine rings is 1. The minimum absolute atomic E-state index is 0.0502. The summed E-state index contributed by atoms with van der Waals surface area (Å²) in [5, 5.41) is 0. The van der Waals surface area contributed by atoms with Crippen molar-refractivity contribution in [3.05, 3.63) is 94.5 Å². The summed E-state index contributed by atoms with van der Waals surface area (Å²) in [6.07, 6.45) is 11.7. The molecule has 6 heteroatoms. The number of carbonyl (C=O) groups is 1. The fourth-order valence-corrected chi connectivity index (χ4v) is 5.79. The Morgan fingerprint density at radius 2 is 2.00 bits per heavy atom. The monoisotopic (exact) mass is 470 g/mol. The van der Waals surface area contributed by atoms with E-state index in [0.29, 0.717) is 6.61 Å². The van der Waals surface area contributed by atoms with Gasteiger partial charge in [0, 0.05) is 68.9 Å². The molecule has 6 nitrogen and oxygen atoms in total. The van der Waals surface area contributed by atoms with E-state index in [9.17, 15) is 4.79 Å². The summed E-state index contributed by atoms with van der Waals surface area (Å²) in [6.45, 7) is 3.25. The van der Waals surface area contributed by atoms with Crippen molar-refractivity contribution in [3.8, 4) is 0 Å². The van der Waals surface area contributed by atoms with Crippen LogP contribution in [0, 0.1) is 0 Å². The summed E-state index contributed by atoms with van der Waals surface area (Å²) in [5.41, 5.74) is 5.86. The van der Waals surface area contributed by atoms with Crippen LogP contribution >= 0.6 is 0 Å². The molecule has 0 radical (unpaired) electrons. The Balaban J connectivity index is 1.18. The van der Waals surface area contributed by atoms with E-state index in [1.54, 1.807) is 7.11 Å². The molecule has 1 aromatic carbocycles. The summed E-state index contributed by atoms with van der Waals surface area (Å²) in [4.78, 5) is 19.4. The molecule has 2 aromatic rings. The molecule has 1 aliphatic carbocycles. The third-order valence-corrected chi connectivity index (χ3v) is 7.72. The van der Waals surface area contributed by atoms with Crippen molar-refractivity contribution in [3.63, 3.8) is 0 Å². The number of piperidine rings is 1. The third-order valence-electron chi connectivity index (χ3n) is 7.72. The van der Waals surface area contributed by atoms with Crippen LogP contribution in [0.5, 0.6) is 0 Å². The van der Waals surface area contributed by atoms with Crippen LogP contribution in [-0.4, -0.2) is 48.7 Å². The SMILES string of the molecule is COC1C=CC2=C(C1)C(=CCCN1CCC3(CC1)OC(=O)c1ccccc13)c1cccnc1CO2. The lowest BCUT2D eigenvalue weighted by molar-refractivity contribution is -0.0426. The molecule has 0 saturated carbocycles. The van der Waals surface area contributed by atoms with E-state index in [-0.39, 0.29) is 12.1 Å². The second-order valence-electron chi connectivity index (χ2n) is 9.64. The highest BCUT2D eigenvalue weighted by molar-refractivity contribution is 5.94. The van der Waals surface area contributed by atoms with Crippen molar-refractivity contribution in [2.24, 2.45) is 0 Å². The normalized spacial score (nSPS) is 24.0. The van der Waals surface area contributed by atoms with Crippen LogP contribution in [-0.2, 0) is 26.4 Å². The van der Waals surface area contributed by atoms with E-state index >= 15 is 0 Å². The predicted molar refractivity (Wildman–Crippen MR) is 132 cm³/mol. The molecule has 1 saturated heterocycles. The molecule has 1 spiro atoms. The molecule has 1 fully saturated rings. The molecule has 6 rings (SSSR count). The number of ether oxygens (including phenoxy) is 3. The van der Waals surface area contributed by atoms with Gasteiger partial charge in [-0.2, -0.15) is 0 Å². The highest BCUT2D eigenvalue weighted by Crippen LogP contribution is 2.44. The summed E-state index contributed by atoms with van der Waals surface area (Å²) >= 11 is 0. The van der Waals surface area contributed by atoms with Gasteiger partial charge < -0.3 is 19.1 Å². The van der Waals surface area contributed by atoms with Gasteiger partial charge in [0.1, 0.15) is 18.0 Å². The molecule has 180 valence electrons. The Morgan fingerprint density at radius 1 is 1.17 bits per heavy atom. The summed E-state index contributed by atoms with van der Waals surface area (Å²) in [7, 11) is 1.75. The Morgan fingerprint density at radius 3 is 2.86 bits per heavy atom. The maximum atomic E-state index is 12.4. The average Bonchev–Trinajstić information content (AvgIpc) is 3.07. The zero-order chi connectivity index (χ0) is 23.8. The first-order valence-electron chi connectivity index (χ1n) is 12.4. The van der Waals surface area contributed by atoms with E-state index in [1.807, 2.05) is 36.5 Å². The largest absolute Gasteiger partial charge is 0.487 e. The quantitative estimate of drug-likeness (QED) is 0.600. The zero-order valence-corrected chi connectivity index (χ0v) is 20.0. The molecule has 4 aliphatic rings. The second kappa shape index (κ2) is 9.10. The smallest absolute Gasteiger partial charge is 0.339 e. The molecule has 0 amide bonds. The number of allylic oxidation sites excluding steroid dienone is 2. The predicted octanol–water partition coefficient (Wildman–Crippen LogP) is 4.78. The van der Waals surface area contributed by atoms with Crippen LogP contribution in [0.1, 0.15) is 52.9 Å². The lowest BCUT2D eigenvalue weighted by atomic mass is 9.83. The number of hydrogen-bond donors (Lipinski definition) is 0. The molecular weight excluding hydrogens is 440 g/mol. The molecule has 0 bridgehead atoms. The number of carbonyl (C=O) groups excluding carboxylic acids is 1. The van der Waals surface area contributed by atoms with Crippen LogP contribution in [0.15, 0.2) is 72.2 Å². The van der Waals surface area contributed by atoms with Gasteiger partial charge in [0.15, 0.2) is 0 Å². The first-order valence-corrected chi connectivity index (χ1v) is 12.4. The number of likely N-dealkylation sites (tertiary alicyclic amines) is 1. The van der Waals surface area contributed by atoms with Gasteiger partial charge in [-0.05, 0) is 30.2 Å². The van der Waals surface area contributed by atoms with Crippen molar-refractivity contribution in [1.82, 2.24) is 9.88 Å². The third kappa shape index (κ3) is 4.01. The first kappa shape index (κ1) is 22.3. The number of rotatable bonds is 4. The fourth-order valence-electron chi connectivity index (χ4n) is 5.79. The van der Waals surface area contributed by atoms with Crippen LogP contribution in [0.25, 0.3) is 5.57 Å². The first-order chi connectivity index (χ1) is 17.2. The summed E-state index contributed by atoms with van der Waals surface area (Å²) in [6, 6.07) is 12.0. The van der Waals surface area contributed by atoms with E-state index in [0.717, 1.165) is 73.5 Å². The van der Waals surface area contributed by atoms with Crippen molar-refractivity contribution in [2.75, 3.05) is 26.7 Å². The van der Waals surface area contributed by atoms with Gasteiger partial charge in [-0.1, -0.05) is 36.4 Å². The van der Waals surface area contributed by atoms with Crippen molar-refractivity contribution < 1.29 is 19.0 Å². The van der Waals surface area contributed by atoms with E-state index in [1.165, 1.54) is 11.1 Å². The number of benzene rings is 1. The van der Waals surface area contributed by atoms with Gasteiger partial charge in [-0.3, -0.25) is 4.98 Å². The average molecular weight is 471 g/mol. The minimum Gasteiger partial charge on any atom is -0.487 e. The molecule has 1 unspecified atom stereocenters. The van der Waals surface area contributed by atoms with Gasteiger partial charge in [0.25, 0.3) is 0 Å². The minimum atomic E-state index is -0.449. The highest BCUT2D eigenvalue weighted by Gasteiger charge is 2.46. The fraction of sp³-hybridized carbons (Fsp3) is 0.379. The number of esters is 1. The summed E-state index contributed by atoms with van der Waals surface area (Å²) in [5.74, 6) is 0.741. The van der Waals surface area contributed by atoms with Gasteiger partial charge in [-0.25, -0.2) is 4.79 Å². The van der Waals surface area contributed by atoms with Crippen LogP contribution in [0.4, 0.5) is 0 Å². The molecule has 1 aromatic heterocycles. The van der Waals surface area contributed by atoms with Crippen molar-refractivity contribution in [2.45, 2.75) is 44.0 Å². The Bertz CT molecular complexity index is 1240. The zero-order valence-electron chi connectivity index (χ0n) is 20.0. The lowest BCUT2D eigenvalue weighted by Gasteiger charge is -2.38. The number of aromatic nitrogens is 1. The van der Waals surface area contributed by atoms with Crippen molar-refractivity contribution >= 4 is 11.5 Å². The summed E-state index contributed by atoms with van der Waals surface area (Å²) < 4.78 is 17.7. The number of fused-ring (bicyclic) bond motifs is 3. The van der Waals surface area contributed by atoms with Gasteiger partial charge in [-0.15, -0.1) is 0 Å². The van der Waals surface area contributed by atoms with Gasteiger partial charge in [0.2, 0.25) is 0 Å². The molecule has 4 heterocycles. The molecule has 0 N–H and O–H groups in total. The number of nitrogens with zero attached hydrogens (tertiary/aromatic N) is 2. The van der Waals surface area contributed by atoms with E-state index < -0.39 is 5.60 Å². The van der Waals surface area contributed by atoms with Gasteiger partial charge >= 0.3 is 5.97 Å².